The molecule has 312 valence electrons. The molecule has 0 bridgehead atoms. The van der Waals surface area contributed by atoms with Crippen molar-refractivity contribution in [1.82, 2.24) is 0 Å². The molecule has 6 aromatic carbocycles. The van der Waals surface area contributed by atoms with Gasteiger partial charge >= 0.3 is 0 Å². The van der Waals surface area contributed by atoms with Gasteiger partial charge in [0, 0.05) is 15.6 Å². The fraction of sp³-hybridized carbons (Fsp3) is 0.294. The van der Waals surface area contributed by atoms with Crippen LogP contribution in [-0.4, -0.2) is 20.8 Å². The first-order chi connectivity index (χ1) is 27.4. The van der Waals surface area contributed by atoms with Gasteiger partial charge in [-0.1, -0.05) is 123 Å². The van der Waals surface area contributed by atoms with E-state index in [4.69, 9.17) is 37.4 Å². The third-order valence-corrected chi connectivity index (χ3v) is 9.36. The van der Waals surface area contributed by atoms with Crippen LogP contribution < -0.4 is 14.2 Å². The van der Waals surface area contributed by atoms with Crippen molar-refractivity contribution >= 4 is 23.2 Å². The largest absolute Gasteiger partial charge is 0.497 e. The molecule has 7 heteroatoms. The van der Waals surface area contributed by atoms with Gasteiger partial charge in [-0.3, -0.25) is 0 Å². The van der Waals surface area contributed by atoms with Crippen LogP contribution in [0.1, 0.15) is 72.2 Å². The van der Waals surface area contributed by atoms with Crippen LogP contribution in [0.4, 0.5) is 8.78 Å². The van der Waals surface area contributed by atoms with Crippen molar-refractivity contribution in [2.24, 2.45) is 0 Å². The lowest BCUT2D eigenvalue weighted by Gasteiger charge is -2.21. The molecule has 6 rings (SSSR count). The van der Waals surface area contributed by atoms with E-state index < -0.39 is 11.6 Å². The Morgan fingerprint density at radius 3 is 1.41 bits per heavy atom. The predicted octanol–water partition coefficient (Wildman–Crippen LogP) is 15.6. The Morgan fingerprint density at radius 2 is 1.00 bits per heavy atom. The van der Waals surface area contributed by atoms with Crippen molar-refractivity contribution < 1.29 is 23.0 Å². The number of benzene rings is 6. The molecule has 0 aliphatic heterocycles. The van der Waals surface area contributed by atoms with Gasteiger partial charge in [-0.2, -0.15) is 0 Å². The fourth-order valence-corrected chi connectivity index (χ4v) is 5.52. The average molecular weight is 832 g/mol. The molecule has 0 spiro atoms. The maximum absolute atomic E-state index is 12.3. The Balaban J connectivity index is 0.000000349. The van der Waals surface area contributed by atoms with Gasteiger partial charge in [0.15, 0.2) is 0 Å². The third-order valence-electron chi connectivity index (χ3n) is 8.54. The summed E-state index contributed by atoms with van der Waals surface area (Å²) in [6.07, 6.45) is 0. The van der Waals surface area contributed by atoms with Gasteiger partial charge in [0.1, 0.15) is 28.9 Å². The van der Waals surface area contributed by atoms with E-state index in [1.165, 1.54) is 58.5 Å². The maximum Gasteiger partial charge on any atom is 0.129 e. The smallest absolute Gasteiger partial charge is 0.129 e. The number of para-hydroxylation sites is 1. The van der Waals surface area contributed by atoms with Gasteiger partial charge in [0.2, 0.25) is 0 Å². The molecule has 0 amide bonds. The fourth-order valence-electron chi connectivity index (χ4n) is 5.12. The lowest BCUT2D eigenvalue weighted by Crippen LogP contribution is -2.12. The van der Waals surface area contributed by atoms with Crippen LogP contribution in [0.5, 0.6) is 17.2 Å². The van der Waals surface area contributed by atoms with Crippen LogP contribution in [0.15, 0.2) is 127 Å². The molecule has 0 atom stereocenters. The zero-order valence-corrected chi connectivity index (χ0v) is 38.1. The number of hydrogen-bond donors (Lipinski definition) is 0. The zero-order valence-electron chi connectivity index (χ0n) is 36.6. The summed E-state index contributed by atoms with van der Waals surface area (Å²) in [6, 6.07) is 40.0. The Bertz CT molecular complexity index is 2000. The van der Waals surface area contributed by atoms with E-state index in [-0.39, 0.29) is 11.0 Å². The van der Waals surface area contributed by atoms with E-state index in [1.54, 1.807) is 14.2 Å². The Hall–Kier alpha value is -4.84. The molecule has 3 nitrogen and oxygen atoms in total. The van der Waals surface area contributed by atoms with E-state index in [1.807, 2.05) is 107 Å². The van der Waals surface area contributed by atoms with Crippen LogP contribution in [0.3, 0.4) is 0 Å². The van der Waals surface area contributed by atoms with Crippen molar-refractivity contribution in [3.05, 3.63) is 194 Å². The molecule has 6 aromatic rings. The first-order valence-corrected chi connectivity index (χ1v) is 19.9. The number of methoxy groups -OCH3 is 2. The molecule has 0 unspecified atom stereocenters. The van der Waals surface area contributed by atoms with Gasteiger partial charge in [-0.15, -0.1) is 0 Å². The summed E-state index contributed by atoms with van der Waals surface area (Å²) in [5, 5.41) is 1.45. The van der Waals surface area contributed by atoms with Crippen LogP contribution in [0.2, 0.25) is 10.0 Å². The van der Waals surface area contributed by atoms with Gasteiger partial charge in [-0.25, -0.2) is 8.78 Å². The standard InChI is InChI=1S/C11H16.2C9H12O.C8H10O.C7H6Cl2.C7H6F2/c1-9-7-5-6-8-10(9)11(2,3)4;1-7-4-5-8(2)9(6-7)10-3;1-3-10-9-7-5-4-6-8(9)2;1-7-4-3-5-8(6-7)9-2;2*1-5-6(8)3-2-4-7(5)9/h5-8H,1-4H3;4-6H,1-3H3;4-7H,3H2,1-2H3;3-6H,1-2H3;2*2-4H,1H3. The van der Waals surface area contributed by atoms with Gasteiger partial charge < -0.3 is 14.2 Å². The molecule has 0 aliphatic carbocycles. The normalized spacial score (nSPS) is 9.88. The number of hydrogen-bond acceptors (Lipinski definition) is 3. The van der Waals surface area contributed by atoms with Gasteiger partial charge in [0.25, 0.3) is 0 Å². The summed E-state index contributed by atoms with van der Waals surface area (Å²) < 4.78 is 40.1. The lowest BCUT2D eigenvalue weighted by atomic mass is 9.84. The summed E-state index contributed by atoms with van der Waals surface area (Å²) in [7, 11) is 3.37. The van der Waals surface area contributed by atoms with Crippen molar-refractivity contribution in [1.29, 1.82) is 0 Å². The topological polar surface area (TPSA) is 27.7 Å². The molecule has 0 fully saturated rings. The molecule has 0 aromatic heterocycles. The first kappa shape index (κ1) is 51.2. The Morgan fingerprint density at radius 1 is 0.500 bits per heavy atom. The number of ether oxygens (including phenoxy) is 3. The summed E-state index contributed by atoms with van der Waals surface area (Å²) in [6.45, 7) is 23.1. The number of halogens is 4. The number of aryl methyl sites for hydroxylation is 5. The summed E-state index contributed by atoms with van der Waals surface area (Å²) in [5.41, 5.74) is 9.00. The highest BCUT2D eigenvalue weighted by Gasteiger charge is 2.14. The van der Waals surface area contributed by atoms with Crippen molar-refractivity contribution in [2.45, 2.75) is 81.6 Å². The second-order valence-corrected chi connectivity index (χ2v) is 15.3. The molecule has 0 aliphatic rings. The summed E-state index contributed by atoms with van der Waals surface area (Å²) >= 11 is 11.5. The molecule has 0 radical (unpaired) electrons. The molecular weight excluding hydrogens is 769 g/mol. The Kier molecular flexibility index (Phi) is 23.8. The molecule has 0 N–H and O–H groups in total. The second-order valence-electron chi connectivity index (χ2n) is 14.5. The minimum absolute atomic E-state index is 0.0810. The predicted molar refractivity (Wildman–Crippen MR) is 245 cm³/mol. The second kappa shape index (κ2) is 27.0. The van der Waals surface area contributed by atoms with E-state index >= 15 is 0 Å². The van der Waals surface area contributed by atoms with E-state index in [9.17, 15) is 8.78 Å². The highest BCUT2D eigenvalue weighted by atomic mass is 35.5. The minimum atomic E-state index is -0.491. The molecule has 0 saturated carbocycles. The SMILES string of the molecule is CCOc1ccccc1C.COc1cc(C)ccc1C.COc1cccc(C)c1.Cc1c(Cl)cccc1Cl.Cc1c(F)cccc1F.Cc1ccccc1C(C)(C)C. The van der Waals surface area contributed by atoms with Crippen molar-refractivity contribution in [2.75, 3.05) is 20.8 Å². The third kappa shape index (κ3) is 19.5. The minimum Gasteiger partial charge on any atom is -0.497 e. The van der Waals surface area contributed by atoms with Crippen LogP contribution in [0.25, 0.3) is 0 Å². The van der Waals surface area contributed by atoms with Crippen LogP contribution in [0, 0.1) is 60.1 Å². The quantitative estimate of drug-likeness (QED) is 0.177. The van der Waals surface area contributed by atoms with Gasteiger partial charge in [0.05, 0.1) is 20.8 Å². The van der Waals surface area contributed by atoms with Crippen LogP contribution >= 0.6 is 23.2 Å². The zero-order chi connectivity index (χ0) is 43.8. The van der Waals surface area contributed by atoms with E-state index in [0.717, 1.165) is 39.5 Å². The lowest BCUT2D eigenvalue weighted by molar-refractivity contribution is 0.338. The van der Waals surface area contributed by atoms with Gasteiger partial charge in [-0.05, 0) is 148 Å². The Labute approximate surface area is 357 Å². The molecule has 0 heterocycles. The monoisotopic (exact) mass is 830 g/mol. The summed E-state index contributed by atoms with van der Waals surface area (Å²) in [4.78, 5) is 0. The molecular formula is C51H62Cl2F2O3. The first-order valence-electron chi connectivity index (χ1n) is 19.1. The highest BCUT2D eigenvalue weighted by Crippen LogP contribution is 2.25. The van der Waals surface area contributed by atoms with Crippen molar-refractivity contribution in [3.8, 4) is 17.2 Å². The van der Waals surface area contributed by atoms with E-state index in [2.05, 4.69) is 71.0 Å². The van der Waals surface area contributed by atoms with Crippen molar-refractivity contribution in [3.63, 3.8) is 0 Å². The maximum atomic E-state index is 12.3. The van der Waals surface area contributed by atoms with E-state index in [0.29, 0.717) is 0 Å². The summed E-state index contributed by atoms with van der Waals surface area (Å²) in [5.74, 6) is 1.91. The highest BCUT2D eigenvalue weighted by molar-refractivity contribution is 6.35. The molecule has 0 saturated heterocycles. The average Bonchev–Trinajstić information content (AvgIpc) is 3.19. The number of rotatable bonds is 4. The molecule has 58 heavy (non-hydrogen) atoms. The van der Waals surface area contributed by atoms with Crippen LogP contribution in [-0.2, 0) is 5.41 Å².